The van der Waals surface area contributed by atoms with Gasteiger partial charge in [0.1, 0.15) is 11.8 Å². The second-order valence-electron chi connectivity index (χ2n) is 5.47. The number of benzene rings is 1. The zero-order valence-corrected chi connectivity index (χ0v) is 12.3. The summed E-state index contributed by atoms with van der Waals surface area (Å²) in [6.07, 6.45) is -4.40. The van der Waals surface area contributed by atoms with Gasteiger partial charge in [-0.25, -0.2) is 0 Å². The molecule has 1 aromatic rings. The fourth-order valence-electron chi connectivity index (χ4n) is 2.67. The van der Waals surface area contributed by atoms with Gasteiger partial charge in [-0.3, -0.25) is 4.79 Å². The fourth-order valence-corrected chi connectivity index (χ4v) is 2.67. The minimum Gasteiger partial charge on any atom is -0.497 e. The molecule has 0 spiro atoms. The van der Waals surface area contributed by atoms with Crippen LogP contribution in [0.1, 0.15) is 18.4 Å². The number of ether oxygens (including phenoxy) is 1. The summed E-state index contributed by atoms with van der Waals surface area (Å²) in [5.41, 5.74) is 6.34. The van der Waals surface area contributed by atoms with Crippen molar-refractivity contribution in [1.29, 1.82) is 0 Å². The molecule has 0 radical (unpaired) electrons. The van der Waals surface area contributed by atoms with E-state index in [1.54, 1.807) is 24.3 Å². The number of nitrogens with zero attached hydrogens (tertiary/aromatic N) is 1. The Morgan fingerprint density at radius 1 is 1.41 bits per heavy atom. The number of nitrogens with two attached hydrogens (primary N) is 1. The number of halogens is 3. The van der Waals surface area contributed by atoms with E-state index < -0.39 is 24.2 Å². The smallest absolute Gasteiger partial charge is 0.408 e. The van der Waals surface area contributed by atoms with Crippen LogP contribution in [0.15, 0.2) is 24.3 Å². The average molecular weight is 316 g/mol. The van der Waals surface area contributed by atoms with Gasteiger partial charge in [0.05, 0.1) is 13.5 Å². The highest BCUT2D eigenvalue weighted by atomic mass is 19.4. The topological polar surface area (TPSA) is 55.6 Å². The SMILES string of the molecule is COc1cccc(CC(=O)N2C[C@@H](N)CC[C@H]2C(F)(F)F)c1. The Balaban J connectivity index is 2.14. The van der Waals surface area contributed by atoms with Crippen LogP contribution >= 0.6 is 0 Å². The van der Waals surface area contributed by atoms with Crippen LogP contribution in [0, 0.1) is 0 Å². The van der Waals surface area contributed by atoms with E-state index in [0.717, 1.165) is 4.90 Å². The third kappa shape index (κ3) is 3.91. The van der Waals surface area contributed by atoms with Gasteiger partial charge in [-0.15, -0.1) is 0 Å². The van der Waals surface area contributed by atoms with Crippen LogP contribution < -0.4 is 10.5 Å². The Hall–Kier alpha value is -1.76. The van der Waals surface area contributed by atoms with Gasteiger partial charge in [-0.05, 0) is 30.5 Å². The maximum absolute atomic E-state index is 13.1. The maximum Gasteiger partial charge on any atom is 0.408 e. The standard InChI is InChI=1S/C15H19F3N2O2/c1-22-12-4-2-3-10(7-12)8-14(21)20-9-11(19)5-6-13(20)15(16,17)18/h2-4,7,11,13H,5-6,8-9,19H2,1H3/t11-,13-/m0/s1. The summed E-state index contributed by atoms with van der Waals surface area (Å²) in [5.74, 6) is -0.00116. The molecule has 2 rings (SSSR count). The molecule has 4 nitrogen and oxygen atoms in total. The zero-order valence-electron chi connectivity index (χ0n) is 12.3. The molecule has 0 aliphatic carbocycles. The largest absolute Gasteiger partial charge is 0.497 e. The first-order valence-electron chi connectivity index (χ1n) is 7.06. The molecule has 1 amide bonds. The van der Waals surface area contributed by atoms with Gasteiger partial charge in [0, 0.05) is 12.6 Å². The van der Waals surface area contributed by atoms with E-state index in [1.807, 2.05) is 0 Å². The molecule has 122 valence electrons. The summed E-state index contributed by atoms with van der Waals surface area (Å²) < 4.78 is 44.3. The molecule has 2 atom stereocenters. The van der Waals surface area contributed by atoms with Crippen molar-refractivity contribution in [2.45, 2.75) is 37.5 Å². The van der Waals surface area contributed by atoms with Crippen LogP contribution in [0.4, 0.5) is 13.2 Å². The van der Waals surface area contributed by atoms with Gasteiger partial charge < -0.3 is 15.4 Å². The number of methoxy groups -OCH3 is 1. The molecule has 1 aliphatic heterocycles. The number of rotatable bonds is 3. The van der Waals surface area contributed by atoms with Gasteiger partial charge in [0.2, 0.25) is 5.91 Å². The molecule has 2 N–H and O–H groups in total. The van der Waals surface area contributed by atoms with Gasteiger partial charge in [0.15, 0.2) is 0 Å². The van der Waals surface area contributed by atoms with E-state index in [4.69, 9.17) is 10.5 Å². The van der Waals surface area contributed by atoms with Crippen LogP contribution in [0.5, 0.6) is 5.75 Å². The number of amides is 1. The summed E-state index contributed by atoms with van der Waals surface area (Å²) in [5, 5.41) is 0. The Bertz CT molecular complexity index is 534. The molecule has 0 aromatic heterocycles. The second kappa shape index (κ2) is 6.56. The first-order chi connectivity index (χ1) is 10.3. The number of carbonyl (C=O) groups excluding carboxylic acids is 1. The van der Waals surface area contributed by atoms with Crippen LogP contribution in [0.25, 0.3) is 0 Å². The van der Waals surface area contributed by atoms with E-state index in [0.29, 0.717) is 11.3 Å². The highest BCUT2D eigenvalue weighted by molar-refractivity contribution is 5.79. The number of carbonyl (C=O) groups is 1. The van der Waals surface area contributed by atoms with Crippen molar-refractivity contribution in [3.8, 4) is 5.75 Å². The molecule has 0 unspecified atom stereocenters. The Labute approximate surface area is 127 Å². The van der Waals surface area contributed by atoms with E-state index in [1.165, 1.54) is 7.11 Å². The molecule has 1 saturated heterocycles. The third-order valence-electron chi connectivity index (χ3n) is 3.81. The molecule has 1 fully saturated rings. The summed E-state index contributed by atoms with van der Waals surface area (Å²) in [6, 6.07) is 4.59. The van der Waals surface area contributed by atoms with Crippen molar-refractivity contribution in [1.82, 2.24) is 4.90 Å². The van der Waals surface area contributed by atoms with Gasteiger partial charge in [-0.1, -0.05) is 12.1 Å². The molecule has 22 heavy (non-hydrogen) atoms. The van der Waals surface area contributed by atoms with Crippen molar-refractivity contribution in [2.24, 2.45) is 5.73 Å². The number of hydrogen-bond donors (Lipinski definition) is 1. The molecule has 1 aromatic carbocycles. The Kier molecular flexibility index (Phi) is 4.95. The lowest BCUT2D eigenvalue weighted by atomic mass is 9.97. The lowest BCUT2D eigenvalue weighted by molar-refractivity contribution is -0.196. The minimum absolute atomic E-state index is 0.0625. The van der Waals surface area contributed by atoms with Crippen molar-refractivity contribution in [3.63, 3.8) is 0 Å². The molecule has 0 saturated carbocycles. The first kappa shape index (κ1) is 16.6. The maximum atomic E-state index is 13.1. The third-order valence-corrected chi connectivity index (χ3v) is 3.81. The van der Waals surface area contributed by atoms with E-state index in [9.17, 15) is 18.0 Å². The van der Waals surface area contributed by atoms with Crippen LogP contribution in [0.2, 0.25) is 0 Å². The lowest BCUT2D eigenvalue weighted by Crippen LogP contribution is -2.57. The summed E-state index contributed by atoms with van der Waals surface area (Å²) in [7, 11) is 1.49. The predicted octanol–water partition coefficient (Wildman–Crippen LogP) is 2.12. The highest BCUT2D eigenvalue weighted by Gasteiger charge is 2.47. The average Bonchev–Trinajstić information content (AvgIpc) is 2.46. The Morgan fingerprint density at radius 3 is 2.77 bits per heavy atom. The van der Waals surface area contributed by atoms with Crippen LogP contribution in [-0.2, 0) is 11.2 Å². The quantitative estimate of drug-likeness (QED) is 0.929. The molecular formula is C15H19F3N2O2. The van der Waals surface area contributed by atoms with Crippen LogP contribution in [-0.4, -0.2) is 42.7 Å². The van der Waals surface area contributed by atoms with Gasteiger partial charge >= 0.3 is 6.18 Å². The Morgan fingerprint density at radius 2 is 2.14 bits per heavy atom. The molecule has 1 heterocycles. The monoisotopic (exact) mass is 316 g/mol. The van der Waals surface area contributed by atoms with Gasteiger partial charge in [-0.2, -0.15) is 13.2 Å². The predicted molar refractivity (Wildman–Crippen MR) is 75.5 cm³/mol. The normalized spacial score (nSPS) is 22.5. The number of alkyl halides is 3. The number of hydrogen-bond acceptors (Lipinski definition) is 3. The van der Waals surface area contributed by atoms with Crippen molar-refractivity contribution < 1.29 is 22.7 Å². The first-order valence-corrected chi connectivity index (χ1v) is 7.06. The second-order valence-corrected chi connectivity index (χ2v) is 5.47. The minimum atomic E-state index is -4.43. The summed E-state index contributed by atoms with van der Waals surface area (Å²) >= 11 is 0. The summed E-state index contributed by atoms with van der Waals surface area (Å²) in [6.45, 7) is -0.0625. The fraction of sp³-hybridized carbons (Fsp3) is 0.533. The van der Waals surface area contributed by atoms with Crippen molar-refractivity contribution in [3.05, 3.63) is 29.8 Å². The van der Waals surface area contributed by atoms with E-state index >= 15 is 0 Å². The molecule has 7 heteroatoms. The van der Waals surface area contributed by atoms with Gasteiger partial charge in [0.25, 0.3) is 0 Å². The zero-order chi connectivity index (χ0) is 16.3. The number of piperidine rings is 1. The van der Waals surface area contributed by atoms with Crippen molar-refractivity contribution in [2.75, 3.05) is 13.7 Å². The molecular weight excluding hydrogens is 297 g/mol. The van der Waals surface area contributed by atoms with E-state index in [2.05, 4.69) is 0 Å². The number of likely N-dealkylation sites (tertiary alicyclic amines) is 1. The van der Waals surface area contributed by atoms with Crippen molar-refractivity contribution >= 4 is 5.91 Å². The molecule has 0 bridgehead atoms. The van der Waals surface area contributed by atoms with Crippen LogP contribution in [0.3, 0.4) is 0 Å². The summed E-state index contributed by atoms with van der Waals surface area (Å²) in [4.78, 5) is 13.2. The van der Waals surface area contributed by atoms with E-state index in [-0.39, 0.29) is 25.8 Å². The molecule has 1 aliphatic rings. The lowest BCUT2D eigenvalue weighted by Gasteiger charge is -2.39. The highest BCUT2D eigenvalue weighted by Crippen LogP contribution is 2.32.